The summed E-state index contributed by atoms with van der Waals surface area (Å²) >= 11 is 1.91. The third kappa shape index (κ3) is 3.78. The van der Waals surface area contributed by atoms with Crippen molar-refractivity contribution in [2.75, 3.05) is 24.5 Å². The molecule has 1 aromatic rings. The Balaban J connectivity index is 2.13. The maximum Gasteiger partial charge on any atom is 0.185 e. The van der Waals surface area contributed by atoms with Crippen molar-refractivity contribution in [3.05, 3.63) is 10.6 Å². The van der Waals surface area contributed by atoms with E-state index in [2.05, 4.69) is 37.9 Å². The molecule has 2 rings (SSSR count). The summed E-state index contributed by atoms with van der Waals surface area (Å²) in [5.41, 5.74) is 1.85. The van der Waals surface area contributed by atoms with E-state index in [1.165, 1.54) is 54.5 Å². The molecule has 0 aromatic carbocycles. The maximum atomic E-state index is 4.97. The van der Waals surface area contributed by atoms with Crippen molar-refractivity contribution in [2.45, 2.75) is 66.3 Å². The molecular weight excluding hydrogens is 278 g/mol. The van der Waals surface area contributed by atoms with Gasteiger partial charge in [-0.05, 0) is 37.6 Å². The van der Waals surface area contributed by atoms with Gasteiger partial charge in [0.25, 0.3) is 0 Å². The molecule has 0 atom stereocenters. The van der Waals surface area contributed by atoms with Crippen LogP contribution < -0.4 is 10.2 Å². The van der Waals surface area contributed by atoms with E-state index in [0.29, 0.717) is 5.41 Å². The number of anilines is 1. The minimum absolute atomic E-state index is 0.526. The van der Waals surface area contributed by atoms with Crippen LogP contribution in [0.4, 0.5) is 5.13 Å². The average molecular weight is 310 g/mol. The van der Waals surface area contributed by atoms with Gasteiger partial charge in [-0.2, -0.15) is 0 Å². The van der Waals surface area contributed by atoms with Crippen LogP contribution in [0.3, 0.4) is 0 Å². The first-order valence-electron chi connectivity index (χ1n) is 8.62. The lowest BCUT2D eigenvalue weighted by molar-refractivity contribution is 0.301. The monoisotopic (exact) mass is 309 g/mol. The minimum Gasteiger partial charge on any atom is -0.348 e. The van der Waals surface area contributed by atoms with E-state index in [9.17, 15) is 0 Å². The van der Waals surface area contributed by atoms with Gasteiger partial charge in [0, 0.05) is 24.5 Å². The van der Waals surface area contributed by atoms with E-state index >= 15 is 0 Å². The summed E-state index contributed by atoms with van der Waals surface area (Å²) < 4.78 is 0. The SMILES string of the molecule is CCCc1nc(N2CCC(CC)(CC)C2)sc1CNCC. The zero-order valence-corrected chi connectivity index (χ0v) is 15.0. The fraction of sp³-hybridized carbons (Fsp3) is 0.824. The van der Waals surface area contributed by atoms with Crippen molar-refractivity contribution < 1.29 is 0 Å². The molecule has 1 N–H and O–H groups in total. The normalized spacial score (nSPS) is 17.6. The molecule has 21 heavy (non-hydrogen) atoms. The number of nitrogens with one attached hydrogen (secondary N) is 1. The highest BCUT2D eigenvalue weighted by atomic mass is 32.1. The molecule has 2 heterocycles. The van der Waals surface area contributed by atoms with Gasteiger partial charge in [0.05, 0.1) is 5.69 Å². The Labute approximate surface area is 134 Å². The van der Waals surface area contributed by atoms with Gasteiger partial charge in [-0.1, -0.05) is 34.1 Å². The van der Waals surface area contributed by atoms with Crippen LogP contribution in [0.25, 0.3) is 0 Å². The van der Waals surface area contributed by atoms with Gasteiger partial charge in [0.1, 0.15) is 0 Å². The van der Waals surface area contributed by atoms with Gasteiger partial charge in [0.2, 0.25) is 0 Å². The lowest BCUT2D eigenvalue weighted by Gasteiger charge is -2.26. The van der Waals surface area contributed by atoms with Gasteiger partial charge < -0.3 is 10.2 Å². The Morgan fingerprint density at radius 2 is 2.00 bits per heavy atom. The quantitative estimate of drug-likeness (QED) is 0.779. The van der Waals surface area contributed by atoms with Crippen LogP contribution in [-0.2, 0) is 13.0 Å². The Morgan fingerprint density at radius 3 is 2.57 bits per heavy atom. The molecule has 1 aliphatic heterocycles. The number of aromatic nitrogens is 1. The van der Waals surface area contributed by atoms with E-state index in [4.69, 9.17) is 4.98 Å². The predicted molar refractivity (Wildman–Crippen MR) is 93.3 cm³/mol. The lowest BCUT2D eigenvalue weighted by Crippen LogP contribution is -2.26. The van der Waals surface area contributed by atoms with Crippen molar-refractivity contribution in [1.82, 2.24) is 10.3 Å². The zero-order valence-electron chi connectivity index (χ0n) is 14.2. The summed E-state index contributed by atoms with van der Waals surface area (Å²) in [6.45, 7) is 13.5. The van der Waals surface area contributed by atoms with Crippen molar-refractivity contribution in [3.63, 3.8) is 0 Å². The number of hydrogen-bond donors (Lipinski definition) is 1. The van der Waals surface area contributed by atoms with Crippen LogP contribution in [0.5, 0.6) is 0 Å². The van der Waals surface area contributed by atoms with E-state index in [-0.39, 0.29) is 0 Å². The van der Waals surface area contributed by atoms with E-state index in [1.54, 1.807) is 0 Å². The molecule has 1 saturated heterocycles. The highest BCUT2D eigenvalue weighted by molar-refractivity contribution is 7.15. The van der Waals surface area contributed by atoms with E-state index < -0.39 is 0 Å². The molecule has 1 aliphatic rings. The van der Waals surface area contributed by atoms with Crippen LogP contribution in [-0.4, -0.2) is 24.6 Å². The van der Waals surface area contributed by atoms with Crippen LogP contribution >= 0.6 is 11.3 Å². The summed E-state index contributed by atoms with van der Waals surface area (Å²) in [7, 11) is 0. The molecule has 120 valence electrons. The molecule has 3 nitrogen and oxygen atoms in total. The summed E-state index contributed by atoms with van der Waals surface area (Å²) in [5.74, 6) is 0. The zero-order chi connectivity index (χ0) is 15.3. The first-order chi connectivity index (χ1) is 10.2. The Morgan fingerprint density at radius 1 is 1.24 bits per heavy atom. The average Bonchev–Trinajstić information content (AvgIpc) is 3.10. The van der Waals surface area contributed by atoms with Gasteiger partial charge in [-0.15, -0.1) is 11.3 Å². The number of hydrogen-bond acceptors (Lipinski definition) is 4. The fourth-order valence-electron chi connectivity index (χ4n) is 3.24. The Hall–Kier alpha value is -0.610. The van der Waals surface area contributed by atoms with Gasteiger partial charge in [0.15, 0.2) is 5.13 Å². The van der Waals surface area contributed by atoms with Gasteiger partial charge >= 0.3 is 0 Å². The van der Waals surface area contributed by atoms with Gasteiger partial charge in [-0.25, -0.2) is 4.98 Å². The number of nitrogens with zero attached hydrogens (tertiary/aromatic N) is 2. The van der Waals surface area contributed by atoms with Crippen LogP contribution in [0.15, 0.2) is 0 Å². The summed E-state index contributed by atoms with van der Waals surface area (Å²) in [5, 5.41) is 4.72. The lowest BCUT2D eigenvalue weighted by atomic mass is 9.82. The van der Waals surface area contributed by atoms with Crippen molar-refractivity contribution in [2.24, 2.45) is 5.41 Å². The first-order valence-corrected chi connectivity index (χ1v) is 9.43. The smallest absolute Gasteiger partial charge is 0.185 e. The van der Waals surface area contributed by atoms with Crippen LogP contribution in [0.2, 0.25) is 0 Å². The topological polar surface area (TPSA) is 28.2 Å². The molecule has 0 saturated carbocycles. The third-order valence-electron chi connectivity index (χ3n) is 5.00. The summed E-state index contributed by atoms with van der Waals surface area (Å²) in [6.07, 6.45) is 6.19. The number of aryl methyl sites for hydroxylation is 1. The van der Waals surface area contributed by atoms with Crippen molar-refractivity contribution in [3.8, 4) is 0 Å². The Kier molecular flexibility index (Phi) is 6.06. The third-order valence-corrected chi connectivity index (χ3v) is 6.16. The molecule has 0 radical (unpaired) electrons. The number of rotatable bonds is 8. The number of thiazole rings is 1. The standard InChI is InChI=1S/C17H31N3S/c1-5-9-14-15(12-18-8-4)21-16(19-14)20-11-10-17(6-2,7-3)13-20/h18H,5-13H2,1-4H3. The maximum absolute atomic E-state index is 4.97. The second kappa shape index (κ2) is 7.59. The van der Waals surface area contributed by atoms with Crippen molar-refractivity contribution in [1.29, 1.82) is 0 Å². The molecular formula is C17H31N3S. The predicted octanol–water partition coefficient (Wildman–Crippen LogP) is 4.22. The second-order valence-corrected chi connectivity index (χ2v) is 7.34. The first kappa shape index (κ1) is 16.8. The highest BCUT2D eigenvalue weighted by Gasteiger charge is 2.36. The fourth-order valence-corrected chi connectivity index (χ4v) is 4.34. The molecule has 0 unspecified atom stereocenters. The van der Waals surface area contributed by atoms with Crippen LogP contribution in [0.1, 0.15) is 63.9 Å². The van der Waals surface area contributed by atoms with E-state index in [1.807, 2.05) is 11.3 Å². The molecule has 0 aliphatic carbocycles. The Bertz CT molecular complexity index is 437. The van der Waals surface area contributed by atoms with Crippen LogP contribution in [0, 0.1) is 5.41 Å². The molecule has 1 fully saturated rings. The van der Waals surface area contributed by atoms with Gasteiger partial charge in [-0.3, -0.25) is 0 Å². The van der Waals surface area contributed by atoms with E-state index in [0.717, 1.165) is 19.5 Å². The summed E-state index contributed by atoms with van der Waals surface area (Å²) in [6, 6.07) is 0. The molecule has 0 spiro atoms. The van der Waals surface area contributed by atoms with Crippen molar-refractivity contribution >= 4 is 16.5 Å². The molecule has 0 bridgehead atoms. The molecule has 4 heteroatoms. The largest absolute Gasteiger partial charge is 0.348 e. The summed E-state index contributed by atoms with van der Waals surface area (Å²) in [4.78, 5) is 8.95. The molecule has 0 amide bonds. The molecule has 1 aromatic heterocycles. The highest BCUT2D eigenvalue weighted by Crippen LogP contribution is 2.40. The minimum atomic E-state index is 0.526. The second-order valence-electron chi connectivity index (χ2n) is 6.28.